The molecule has 0 aliphatic heterocycles. The van der Waals surface area contributed by atoms with Crippen LogP contribution < -0.4 is 0 Å². The first-order valence-electron chi connectivity index (χ1n) is 6.46. The summed E-state index contributed by atoms with van der Waals surface area (Å²) >= 11 is 0. The van der Waals surface area contributed by atoms with Gasteiger partial charge >= 0.3 is 17.1 Å². The molecular formula is C16H14FeO6S2. The van der Waals surface area contributed by atoms with Crippen LogP contribution in [0.4, 0.5) is 0 Å². The van der Waals surface area contributed by atoms with Gasteiger partial charge in [0.15, 0.2) is 0 Å². The Hall–Kier alpha value is -1.74. The van der Waals surface area contributed by atoms with Crippen LogP contribution in [0.5, 0.6) is 0 Å². The van der Waals surface area contributed by atoms with Crippen LogP contribution in [0, 0.1) is 0 Å². The maximum absolute atomic E-state index is 10.6. The summed E-state index contributed by atoms with van der Waals surface area (Å²) in [6.45, 7) is 6.80. The summed E-state index contributed by atoms with van der Waals surface area (Å²) < 4.78 is 63.7. The topological polar surface area (TPSA) is 114 Å². The zero-order chi connectivity index (χ0) is 18.4. The minimum atomic E-state index is -4.37. The van der Waals surface area contributed by atoms with Crippen molar-refractivity contribution in [2.75, 3.05) is 0 Å². The Balaban J connectivity index is 0.000000443. The van der Waals surface area contributed by atoms with E-state index >= 15 is 0 Å². The predicted molar refractivity (Wildman–Crippen MR) is 89.0 cm³/mol. The number of benzene rings is 2. The summed E-state index contributed by atoms with van der Waals surface area (Å²) in [6.07, 6.45) is 2.68. The molecule has 0 saturated carbocycles. The summed E-state index contributed by atoms with van der Waals surface area (Å²) in [5.41, 5.74) is 0.681. The van der Waals surface area contributed by atoms with Crippen molar-refractivity contribution in [1.29, 1.82) is 0 Å². The van der Waals surface area contributed by atoms with Gasteiger partial charge in [-0.05, 0) is 23.3 Å². The third kappa shape index (κ3) is 6.95. The van der Waals surface area contributed by atoms with E-state index in [-0.39, 0.29) is 26.9 Å². The molecule has 0 saturated heterocycles. The number of rotatable bonds is 4. The number of hydrogen-bond donors (Lipinski definition) is 0. The summed E-state index contributed by atoms with van der Waals surface area (Å²) in [4.78, 5) is -0.444. The maximum Gasteiger partial charge on any atom is 2.00 e. The van der Waals surface area contributed by atoms with E-state index in [1.807, 2.05) is 0 Å². The van der Waals surface area contributed by atoms with Crippen molar-refractivity contribution in [3.8, 4) is 0 Å². The van der Waals surface area contributed by atoms with Crippen LogP contribution >= 0.6 is 0 Å². The van der Waals surface area contributed by atoms with Crippen molar-refractivity contribution < 1.29 is 43.0 Å². The molecule has 2 rings (SSSR count). The van der Waals surface area contributed by atoms with Gasteiger partial charge in [-0.2, -0.15) is 0 Å². The monoisotopic (exact) mass is 422 g/mol. The molecule has 0 atom stereocenters. The van der Waals surface area contributed by atoms with Crippen LogP contribution in [-0.4, -0.2) is 25.9 Å². The fraction of sp³-hybridized carbons (Fsp3) is 0. The third-order valence-corrected chi connectivity index (χ3v) is 4.64. The van der Waals surface area contributed by atoms with Crippen LogP contribution in [0.25, 0.3) is 12.2 Å². The zero-order valence-electron chi connectivity index (χ0n) is 12.8. The van der Waals surface area contributed by atoms with E-state index in [0.29, 0.717) is 11.1 Å². The number of hydrogen-bond acceptors (Lipinski definition) is 6. The SMILES string of the molecule is C=Cc1ccccc1S(=O)(=O)[O-].C=Cc1ccccc1S(=O)(=O)[O-].[Fe+2]. The Morgan fingerprint density at radius 3 is 1.16 bits per heavy atom. The average molecular weight is 422 g/mol. The van der Waals surface area contributed by atoms with Crippen LogP contribution in [0.2, 0.25) is 0 Å². The zero-order valence-corrected chi connectivity index (χ0v) is 15.5. The van der Waals surface area contributed by atoms with Gasteiger partial charge in [0.05, 0.1) is 9.79 Å². The molecule has 2 aromatic carbocycles. The first-order valence-corrected chi connectivity index (χ1v) is 9.27. The molecule has 0 radical (unpaired) electrons. The first kappa shape index (κ1) is 23.3. The first-order chi connectivity index (χ1) is 11.1. The molecule has 0 aliphatic carbocycles. The minimum absolute atomic E-state index is 0. The summed E-state index contributed by atoms with van der Waals surface area (Å²) in [6, 6.07) is 11.9. The second-order valence-corrected chi connectivity index (χ2v) is 7.09. The van der Waals surface area contributed by atoms with Crippen LogP contribution in [-0.2, 0) is 37.3 Å². The molecule has 0 fully saturated rings. The second kappa shape index (κ2) is 9.67. The molecule has 6 nitrogen and oxygen atoms in total. The van der Waals surface area contributed by atoms with Crippen molar-refractivity contribution >= 4 is 32.4 Å². The van der Waals surface area contributed by atoms with Crippen molar-refractivity contribution in [2.24, 2.45) is 0 Å². The molecule has 0 spiro atoms. The molecule has 0 unspecified atom stereocenters. The van der Waals surface area contributed by atoms with Crippen LogP contribution in [0.15, 0.2) is 71.5 Å². The molecule has 0 N–H and O–H groups in total. The third-order valence-electron chi connectivity index (χ3n) is 2.82. The van der Waals surface area contributed by atoms with E-state index < -0.39 is 20.2 Å². The maximum atomic E-state index is 10.6. The Morgan fingerprint density at radius 1 is 0.680 bits per heavy atom. The van der Waals surface area contributed by atoms with Gasteiger partial charge < -0.3 is 9.11 Å². The van der Waals surface area contributed by atoms with E-state index in [4.69, 9.17) is 0 Å². The van der Waals surface area contributed by atoms with E-state index in [1.165, 1.54) is 48.6 Å². The minimum Gasteiger partial charge on any atom is -0.744 e. The molecule has 134 valence electrons. The van der Waals surface area contributed by atoms with Crippen LogP contribution in [0.1, 0.15) is 11.1 Å². The van der Waals surface area contributed by atoms with Gasteiger partial charge in [-0.1, -0.05) is 61.7 Å². The van der Waals surface area contributed by atoms with Gasteiger partial charge in [-0.25, -0.2) is 16.8 Å². The normalized spacial score (nSPS) is 10.6. The van der Waals surface area contributed by atoms with Crippen molar-refractivity contribution in [3.63, 3.8) is 0 Å². The summed E-state index contributed by atoms with van der Waals surface area (Å²) in [7, 11) is -8.73. The molecule has 2 aromatic rings. The Morgan fingerprint density at radius 2 is 0.960 bits per heavy atom. The van der Waals surface area contributed by atoms with E-state index in [0.717, 1.165) is 0 Å². The molecule has 0 amide bonds. The Kier molecular flexibility index (Phi) is 8.99. The molecule has 0 aromatic heterocycles. The standard InChI is InChI=1S/2C8H8O3S.Fe/c2*1-2-7-5-3-4-6-8(7)12(9,10)11;/h2*2-6H,1H2,(H,9,10,11);/q;;+2/p-2. The molecule has 25 heavy (non-hydrogen) atoms. The molecule has 9 heteroatoms. The quantitative estimate of drug-likeness (QED) is 0.552. The van der Waals surface area contributed by atoms with Gasteiger partial charge in [0.2, 0.25) is 0 Å². The summed E-state index contributed by atoms with van der Waals surface area (Å²) in [5, 5.41) is 0. The smallest absolute Gasteiger partial charge is 0.744 e. The molecular weight excluding hydrogens is 408 g/mol. The Labute approximate surface area is 157 Å². The fourth-order valence-electron chi connectivity index (χ4n) is 1.75. The summed E-state index contributed by atoms with van der Waals surface area (Å²) in [5.74, 6) is 0. The van der Waals surface area contributed by atoms with Gasteiger partial charge in [0, 0.05) is 0 Å². The fourth-order valence-corrected chi connectivity index (χ4v) is 3.12. The van der Waals surface area contributed by atoms with Crippen molar-refractivity contribution in [2.45, 2.75) is 9.79 Å². The Bertz CT molecular complexity index is 871. The van der Waals surface area contributed by atoms with E-state index in [2.05, 4.69) is 13.2 Å². The van der Waals surface area contributed by atoms with Crippen molar-refractivity contribution in [3.05, 3.63) is 72.8 Å². The van der Waals surface area contributed by atoms with Gasteiger partial charge in [-0.3, -0.25) is 0 Å². The predicted octanol–water partition coefficient (Wildman–Crippen LogP) is 2.46. The second-order valence-electron chi connectivity index (χ2n) is 4.39. The molecule has 0 bridgehead atoms. The van der Waals surface area contributed by atoms with Gasteiger partial charge in [-0.15, -0.1) is 0 Å². The van der Waals surface area contributed by atoms with E-state index in [9.17, 15) is 25.9 Å². The van der Waals surface area contributed by atoms with Crippen molar-refractivity contribution in [1.82, 2.24) is 0 Å². The van der Waals surface area contributed by atoms with Gasteiger partial charge in [0.25, 0.3) is 0 Å². The van der Waals surface area contributed by atoms with Crippen LogP contribution in [0.3, 0.4) is 0 Å². The van der Waals surface area contributed by atoms with E-state index in [1.54, 1.807) is 12.1 Å². The largest absolute Gasteiger partial charge is 2.00 e. The van der Waals surface area contributed by atoms with Gasteiger partial charge in [0.1, 0.15) is 20.2 Å². The molecule has 0 aliphatic rings. The molecule has 0 heterocycles. The average Bonchev–Trinajstić information content (AvgIpc) is 2.53.